The van der Waals surface area contributed by atoms with E-state index in [1.165, 1.54) is 57.1 Å². The van der Waals surface area contributed by atoms with Crippen LogP contribution in [0.1, 0.15) is 65.2 Å². The number of hydrogen-bond donors (Lipinski definition) is 1. The molecule has 1 saturated carbocycles. The molecule has 0 aromatic rings. The Hall–Kier alpha value is 0.310. The fourth-order valence-electron chi connectivity index (χ4n) is 3.63. The van der Waals surface area contributed by atoms with Gasteiger partial charge in [-0.05, 0) is 44.4 Å². The fourth-order valence-corrected chi connectivity index (χ4v) is 5.05. The Morgan fingerprint density at radius 1 is 1.24 bits per heavy atom. The maximum absolute atomic E-state index is 3.79. The molecule has 0 aromatic carbocycles. The van der Waals surface area contributed by atoms with Crippen LogP contribution >= 0.6 is 11.8 Å². The molecule has 1 N–H and O–H groups in total. The minimum atomic E-state index is 0.521. The second-order valence-corrected chi connectivity index (χ2v) is 7.74. The van der Waals surface area contributed by atoms with Crippen LogP contribution in [0.2, 0.25) is 0 Å². The van der Waals surface area contributed by atoms with Crippen molar-refractivity contribution in [2.45, 2.75) is 76.0 Å². The summed E-state index contributed by atoms with van der Waals surface area (Å²) in [5.41, 5.74) is 0. The molecule has 0 aromatic heterocycles. The monoisotopic (exact) mass is 255 g/mol. The van der Waals surface area contributed by atoms with Crippen LogP contribution < -0.4 is 5.32 Å². The van der Waals surface area contributed by atoms with Crippen LogP contribution in [-0.4, -0.2) is 23.1 Å². The molecular formula is C15H29NS. The third kappa shape index (κ3) is 3.64. The Labute approximate surface area is 112 Å². The molecule has 0 bridgehead atoms. The van der Waals surface area contributed by atoms with Crippen molar-refractivity contribution in [2.24, 2.45) is 5.92 Å². The van der Waals surface area contributed by atoms with Crippen molar-refractivity contribution >= 4 is 11.8 Å². The molecule has 0 amide bonds. The van der Waals surface area contributed by atoms with Crippen molar-refractivity contribution in [3.05, 3.63) is 0 Å². The number of rotatable bonds is 5. The lowest BCUT2D eigenvalue weighted by molar-refractivity contribution is 0.271. The summed E-state index contributed by atoms with van der Waals surface area (Å²) in [6, 6.07) is 0.753. The highest BCUT2D eigenvalue weighted by Crippen LogP contribution is 2.43. The van der Waals surface area contributed by atoms with Crippen LogP contribution in [0.5, 0.6) is 0 Å². The Kier molecular flexibility index (Phi) is 5.23. The fraction of sp³-hybridized carbons (Fsp3) is 1.00. The average Bonchev–Trinajstić information content (AvgIpc) is 2.78. The van der Waals surface area contributed by atoms with Crippen molar-refractivity contribution < 1.29 is 0 Å². The van der Waals surface area contributed by atoms with E-state index in [4.69, 9.17) is 0 Å². The van der Waals surface area contributed by atoms with E-state index in [1.54, 1.807) is 0 Å². The summed E-state index contributed by atoms with van der Waals surface area (Å²) in [7, 11) is 0. The SMILES string of the molecule is CCNC(CC1CCCCC1)C1(C)CCCS1. The van der Waals surface area contributed by atoms with Crippen molar-refractivity contribution in [3.63, 3.8) is 0 Å². The molecule has 2 aliphatic rings. The van der Waals surface area contributed by atoms with Crippen LogP contribution in [0.3, 0.4) is 0 Å². The van der Waals surface area contributed by atoms with E-state index in [1.807, 2.05) is 0 Å². The third-order valence-electron chi connectivity index (χ3n) is 4.73. The number of hydrogen-bond acceptors (Lipinski definition) is 2. The van der Waals surface area contributed by atoms with E-state index < -0.39 is 0 Å². The first kappa shape index (κ1) is 13.7. The van der Waals surface area contributed by atoms with E-state index in [9.17, 15) is 0 Å². The maximum atomic E-state index is 3.79. The van der Waals surface area contributed by atoms with Gasteiger partial charge in [0.15, 0.2) is 0 Å². The van der Waals surface area contributed by atoms with Crippen molar-refractivity contribution in [3.8, 4) is 0 Å². The molecule has 2 rings (SSSR count). The van der Waals surface area contributed by atoms with Gasteiger partial charge < -0.3 is 5.32 Å². The first-order valence-electron chi connectivity index (χ1n) is 7.62. The third-order valence-corrected chi connectivity index (χ3v) is 6.37. The molecule has 0 radical (unpaired) electrons. The second-order valence-electron chi connectivity index (χ2n) is 6.11. The zero-order valence-corrected chi connectivity index (χ0v) is 12.5. The van der Waals surface area contributed by atoms with E-state index >= 15 is 0 Å². The summed E-state index contributed by atoms with van der Waals surface area (Å²) >= 11 is 2.22. The van der Waals surface area contributed by atoms with Gasteiger partial charge in [-0.2, -0.15) is 11.8 Å². The summed E-state index contributed by atoms with van der Waals surface area (Å²) in [6.07, 6.45) is 11.7. The molecule has 2 fully saturated rings. The normalized spacial score (nSPS) is 32.8. The Bertz CT molecular complexity index is 217. The molecule has 2 atom stereocenters. The van der Waals surface area contributed by atoms with Gasteiger partial charge in [0.2, 0.25) is 0 Å². The highest BCUT2D eigenvalue weighted by atomic mass is 32.2. The highest BCUT2D eigenvalue weighted by Gasteiger charge is 2.38. The standard InChI is InChI=1S/C15H29NS/c1-3-16-14(15(2)10-7-11-17-15)12-13-8-5-4-6-9-13/h13-14,16H,3-12H2,1-2H3. The van der Waals surface area contributed by atoms with E-state index in [-0.39, 0.29) is 0 Å². The zero-order valence-electron chi connectivity index (χ0n) is 11.6. The van der Waals surface area contributed by atoms with Crippen LogP contribution in [-0.2, 0) is 0 Å². The van der Waals surface area contributed by atoms with Gasteiger partial charge in [0.1, 0.15) is 0 Å². The van der Waals surface area contributed by atoms with Crippen molar-refractivity contribution in [1.82, 2.24) is 5.32 Å². The quantitative estimate of drug-likeness (QED) is 0.789. The maximum Gasteiger partial charge on any atom is 0.0285 e. The minimum Gasteiger partial charge on any atom is -0.313 e. The predicted molar refractivity (Wildman–Crippen MR) is 78.8 cm³/mol. The molecule has 17 heavy (non-hydrogen) atoms. The first-order chi connectivity index (χ1) is 8.24. The van der Waals surface area contributed by atoms with Gasteiger partial charge in [-0.1, -0.05) is 39.0 Å². The number of nitrogens with one attached hydrogen (secondary N) is 1. The zero-order chi connectivity index (χ0) is 12.1. The summed E-state index contributed by atoms with van der Waals surface area (Å²) in [5.74, 6) is 2.38. The molecule has 2 heteroatoms. The van der Waals surface area contributed by atoms with Gasteiger partial charge in [0.25, 0.3) is 0 Å². The molecule has 1 heterocycles. The Balaban J connectivity index is 1.91. The largest absolute Gasteiger partial charge is 0.313 e. The summed E-state index contributed by atoms with van der Waals surface area (Å²) < 4.78 is 0.521. The summed E-state index contributed by atoms with van der Waals surface area (Å²) in [6.45, 7) is 5.89. The van der Waals surface area contributed by atoms with Crippen molar-refractivity contribution in [2.75, 3.05) is 12.3 Å². The summed E-state index contributed by atoms with van der Waals surface area (Å²) in [4.78, 5) is 0. The highest BCUT2D eigenvalue weighted by molar-refractivity contribution is 8.00. The van der Waals surface area contributed by atoms with Gasteiger partial charge in [-0.3, -0.25) is 0 Å². The van der Waals surface area contributed by atoms with Crippen LogP contribution in [0, 0.1) is 5.92 Å². The molecule has 1 saturated heterocycles. The number of thioether (sulfide) groups is 1. The van der Waals surface area contributed by atoms with Crippen molar-refractivity contribution in [1.29, 1.82) is 0 Å². The Morgan fingerprint density at radius 2 is 2.00 bits per heavy atom. The minimum absolute atomic E-state index is 0.521. The molecule has 100 valence electrons. The lowest BCUT2D eigenvalue weighted by Crippen LogP contribution is -2.46. The molecule has 0 spiro atoms. The van der Waals surface area contributed by atoms with Crippen LogP contribution in [0.25, 0.3) is 0 Å². The lowest BCUT2D eigenvalue weighted by atomic mass is 9.81. The first-order valence-corrected chi connectivity index (χ1v) is 8.60. The van der Waals surface area contributed by atoms with E-state index in [0.717, 1.165) is 18.5 Å². The van der Waals surface area contributed by atoms with Gasteiger partial charge in [0, 0.05) is 10.8 Å². The second kappa shape index (κ2) is 6.47. The summed E-state index contributed by atoms with van der Waals surface area (Å²) in [5, 5.41) is 3.79. The average molecular weight is 255 g/mol. The van der Waals surface area contributed by atoms with Crippen LogP contribution in [0.4, 0.5) is 0 Å². The van der Waals surface area contributed by atoms with Gasteiger partial charge >= 0.3 is 0 Å². The molecular weight excluding hydrogens is 226 g/mol. The molecule has 2 unspecified atom stereocenters. The molecule has 1 nitrogen and oxygen atoms in total. The van der Waals surface area contributed by atoms with Gasteiger partial charge in [-0.25, -0.2) is 0 Å². The smallest absolute Gasteiger partial charge is 0.0285 e. The van der Waals surface area contributed by atoms with E-state index in [0.29, 0.717) is 4.75 Å². The van der Waals surface area contributed by atoms with E-state index in [2.05, 4.69) is 30.9 Å². The topological polar surface area (TPSA) is 12.0 Å². The van der Waals surface area contributed by atoms with Gasteiger partial charge in [-0.15, -0.1) is 0 Å². The molecule has 1 aliphatic heterocycles. The van der Waals surface area contributed by atoms with Gasteiger partial charge in [0.05, 0.1) is 0 Å². The van der Waals surface area contributed by atoms with Crippen LogP contribution in [0.15, 0.2) is 0 Å². The molecule has 1 aliphatic carbocycles. The lowest BCUT2D eigenvalue weighted by Gasteiger charge is -2.37. The predicted octanol–water partition coefficient (Wildman–Crippen LogP) is 4.22. The Morgan fingerprint density at radius 3 is 2.59 bits per heavy atom.